The molecule has 3 heterocycles. The second kappa shape index (κ2) is 7.15. The summed E-state index contributed by atoms with van der Waals surface area (Å²) in [6.45, 7) is 3.04. The summed E-state index contributed by atoms with van der Waals surface area (Å²) < 4.78 is 5.53. The van der Waals surface area contributed by atoms with Crippen LogP contribution >= 0.6 is 0 Å². The number of nitrogens with zero attached hydrogens (tertiary/aromatic N) is 3. The van der Waals surface area contributed by atoms with E-state index in [0.29, 0.717) is 24.6 Å². The van der Waals surface area contributed by atoms with Crippen LogP contribution in [0.25, 0.3) is 0 Å². The lowest BCUT2D eigenvalue weighted by Gasteiger charge is -2.33. The minimum absolute atomic E-state index is 0.0363. The molecule has 0 aliphatic carbocycles. The van der Waals surface area contributed by atoms with Gasteiger partial charge in [0.15, 0.2) is 0 Å². The van der Waals surface area contributed by atoms with Crippen molar-refractivity contribution in [3.63, 3.8) is 0 Å². The number of anilines is 1. The van der Waals surface area contributed by atoms with Crippen molar-refractivity contribution in [2.24, 2.45) is 0 Å². The summed E-state index contributed by atoms with van der Waals surface area (Å²) in [5, 5.41) is 6.38. The highest BCUT2D eigenvalue weighted by atomic mass is 16.5. The number of ether oxygens (including phenoxy) is 1. The van der Waals surface area contributed by atoms with Crippen molar-refractivity contribution >= 4 is 11.7 Å². The predicted octanol–water partition coefficient (Wildman–Crippen LogP) is 1.18. The molecular weight excluding hydrogens is 294 g/mol. The van der Waals surface area contributed by atoms with Gasteiger partial charge in [-0.25, -0.2) is 9.97 Å². The van der Waals surface area contributed by atoms with E-state index >= 15 is 0 Å². The monoisotopic (exact) mass is 313 g/mol. The molecule has 1 amide bonds. The minimum atomic E-state index is -0.114. The highest BCUT2D eigenvalue weighted by molar-refractivity contribution is 5.95. The number of carbonyl (C=O) groups is 1. The van der Waals surface area contributed by atoms with Crippen LogP contribution in [0.2, 0.25) is 0 Å². The van der Waals surface area contributed by atoms with Gasteiger partial charge in [-0.05, 0) is 31.0 Å². The van der Waals surface area contributed by atoms with Crippen LogP contribution in [0.15, 0.2) is 37.1 Å². The van der Waals surface area contributed by atoms with Gasteiger partial charge in [-0.3, -0.25) is 9.78 Å². The van der Waals surface area contributed by atoms with Crippen LogP contribution in [-0.4, -0.2) is 46.2 Å². The topological polar surface area (TPSA) is 89.0 Å². The van der Waals surface area contributed by atoms with Gasteiger partial charge in [0.1, 0.15) is 12.1 Å². The molecule has 7 nitrogen and oxygen atoms in total. The molecule has 0 saturated carbocycles. The molecule has 0 aromatic carbocycles. The largest absolute Gasteiger partial charge is 0.379 e. The molecule has 1 aliphatic rings. The second-order valence-corrected chi connectivity index (χ2v) is 5.48. The van der Waals surface area contributed by atoms with Gasteiger partial charge in [0.05, 0.1) is 24.3 Å². The van der Waals surface area contributed by atoms with Crippen LogP contribution in [-0.2, 0) is 4.74 Å². The number of hydrogen-bond acceptors (Lipinski definition) is 6. The fourth-order valence-electron chi connectivity index (χ4n) is 2.57. The lowest BCUT2D eigenvalue weighted by Crippen LogP contribution is -2.52. The lowest BCUT2D eigenvalue weighted by atomic mass is 10.0. The van der Waals surface area contributed by atoms with Gasteiger partial charge in [0.2, 0.25) is 0 Å². The van der Waals surface area contributed by atoms with Gasteiger partial charge in [-0.15, -0.1) is 0 Å². The molecule has 0 radical (unpaired) electrons. The molecule has 2 atom stereocenters. The molecule has 23 heavy (non-hydrogen) atoms. The van der Waals surface area contributed by atoms with Crippen molar-refractivity contribution in [3.8, 4) is 0 Å². The zero-order valence-corrected chi connectivity index (χ0v) is 12.9. The van der Waals surface area contributed by atoms with E-state index in [1.165, 1.54) is 6.33 Å². The zero-order chi connectivity index (χ0) is 16.1. The summed E-state index contributed by atoms with van der Waals surface area (Å²) in [5.41, 5.74) is 1.50. The van der Waals surface area contributed by atoms with Crippen molar-refractivity contribution in [1.29, 1.82) is 0 Å². The van der Waals surface area contributed by atoms with E-state index in [4.69, 9.17) is 4.74 Å². The Morgan fingerprint density at radius 1 is 1.26 bits per heavy atom. The molecule has 2 aromatic rings. The molecule has 1 aliphatic heterocycles. The summed E-state index contributed by atoms with van der Waals surface area (Å²) in [5.74, 6) is 0.601. The number of aromatic nitrogens is 3. The van der Waals surface area contributed by atoms with Gasteiger partial charge in [0.25, 0.3) is 5.91 Å². The third kappa shape index (κ3) is 3.81. The number of pyridine rings is 1. The van der Waals surface area contributed by atoms with Crippen LogP contribution in [0, 0.1) is 6.92 Å². The number of amides is 1. The van der Waals surface area contributed by atoms with Crippen LogP contribution < -0.4 is 10.6 Å². The average Bonchev–Trinajstić information content (AvgIpc) is 2.58. The molecule has 1 saturated heterocycles. The van der Waals surface area contributed by atoms with Gasteiger partial charge < -0.3 is 15.4 Å². The lowest BCUT2D eigenvalue weighted by molar-refractivity contribution is 0.0619. The van der Waals surface area contributed by atoms with E-state index in [-0.39, 0.29) is 18.0 Å². The molecular formula is C16H19N5O2. The third-order valence-electron chi connectivity index (χ3n) is 3.87. The van der Waals surface area contributed by atoms with Crippen LogP contribution in [0.1, 0.15) is 22.3 Å². The summed E-state index contributed by atoms with van der Waals surface area (Å²) in [4.78, 5) is 24.6. The smallest absolute Gasteiger partial charge is 0.253 e. The quantitative estimate of drug-likeness (QED) is 0.881. The average molecular weight is 313 g/mol. The second-order valence-electron chi connectivity index (χ2n) is 5.48. The normalized spacial score (nSPS) is 20.7. The van der Waals surface area contributed by atoms with E-state index in [9.17, 15) is 4.79 Å². The van der Waals surface area contributed by atoms with Crippen molar-refractivity contribution in [1.82, 2.24) is 20.3 Å². The van der Waals surface area contributed by atoms with Crippen LogP contribution in [0.3, 0.4) is 0 Å². The van der Waals surface area contributed by atoms with Gasteiger partial charge >= 0.3 is 0 Å². The third-order valence-corrected chi connectivity index (χ3v) is 3.87. The molecule has 1 fully saturated rings. The Bertz CT molecular complexity index is 665. The predicted molar refractivity (Wildman–Crippen MR) is 85.1 cm³/mol. The maximum Gasteiger partial charge on any atom is 0.253 e. The first-order chi connectivity index (χ1) is 11.2. The molecule has 2 N–H and O–H groups in total. The van der Waals surface area contributed by atoms with Crippen molar-refractivity contribution in [3.05, 3.63) is 48.2 Å². The molecule has 0 spiro atoms. The molecule has 0 bridgehead atoms. The Morgan fingerprint density at radius 2 is 2.13 bits per heavy atom. The van der Waals surface area contributed by atoms with E-state index in [1.807, 2.05) is 13.0 Å². The van der Waals surface area contributed by atoms with E-state index in [2.05, 4.69) is 25.6 Å². The van der Waals surface area contributed by atoms with E-state index in [1.54, 1.807) is 24.7 Å². The maximum atomic E-state index is 12.5. The number of rotatable bonds is 4. The SMILES string of the molecule is Cc1ccncc1C(=O)N[C@H]1CCOC[C@H]1Nc1ccncn1. The summed E-state index contributed by atoms with van der Waals surface area (Å²) in [6, 6.07) is 3.54. The van der Waals surface area contributed by atoms with Crippen LogP contribution in [0.5, 0.6) is 0 Å². The number of hydrogen-bond donors (Lipinski definition) is 2. The Morgan fingerprint density at radius 3 is 2.91 bits per heavy atom. The molecule has 2 aromatic heterocycles. The standard InChI is InChI=1S/C16H19N5O2/c1-11-2-5-17-8-12(11)16(22)21-13-4-7-23-9-14(13)20-15-3-6-18-10-19-15/h2-3,5-6,8,10,13-14H,4,7,9H2,1H3,(H,21,22)(H,18,19,20)/t13-,14+/m0/s1. The van der Waals surface area contributed by atoms with Gasteiger partial charge in [-0.2, -0.15) is 0 Å². The van der Waals surface area contributed by atoms with E-state index < -0.39 is 0 Å². The molecule has 120 valence electrons. The molecule has 7 heteroatoms. The maximum absolute atomic E-state index is 12.5. The number of aryl methyl sites for hydroxylation is 1. The molecule has 3 rings (SSSR count). The first-order valence-electron chi connectivity index (χ1n) is 7.56. The molecule has 0 unspecified atom stereocenters. The first kappa shape index (κ1) is 15.4. The summed E-state index contributed by atoms with van der Waals surface area (Å²) >= 11 is 0. The Hall–Kier alpha value is -2.54. The minimum Gasteiger partial charge on any atom is -0.379 e. The highest BCUT2D eigenvalue weighted by Crippen LogP contribution is 2.14. The Kier molecular flexibility index (Phi) is 4.77. The number of nitrogens with one attached hydrogen (secondary N) is 2. The van der Waals surface area contributed by atoms with Crippen LogP contribution in [0.4, 0.5) is 5.82 Å². The Balaban J connectivity index is 1.69. The Labute approximate surface area is 134 Å². The van der Waals surface area contributed by atoms with Crippen molar-refractivity contribution in [2.45, 2.75) is 25.4 Å². The van der Waals surface area contributed by atoms with E-state index in [0.717, 1.165) is 12.0 Å². The highest BCUT2D eigenvalue weighted by Gasteiger charge is 2.28. The van der Waals surface area contributed by atoms with Gasteiger partial charge in [-0.1, -0.05) is 0 Å². The zero-order valence-electron chi connectivity index (χ0n) is 12.9. The van der Waals surface area contributed by atoms with Gasteiger partial charge in [0, 0.05) is 25.2 Å². The summed E-state index contributed by atoms with van der Waals surface area (Å²) in [7, 11) is 0. The fraction of sp³-hybridized carbons (Fsp3) is 0.375. The van der Waals surface area contributed by atoms with Crippen molar-refractivity contribution < 1.29 is 9.53 Å². The fourth-order valence-corrected chi connectivity index (χ4v) is 2.57. The number of carbonyl (C=O) groups excluding carboxylic acids is 1. The first-order valence-corrected chi connectivity index (χ1v) is 7.56. The summed E-state index contributed by atoms with van der Waals surface area (Å²) in [6.07, 6.45) is 7.18. The van der Waals surface area contributed by atoms with Crippen molar-refractivity contribution in [2.75, 3.05) is 18.5 Å².